The van der Waals surface area contributed by atoms with Crippen molar-refractivity contribution in [3.8, 4) is 0 Å². The molecule has 1 rings (SSSR count). The van der Waals surface area contributed by atoms with Crippen LogP contribution in [0.1, 0.15) is 12.8 Å². The number of methoxy groups -OCH3 is 1. The molecular weight excluding hydrogens is 178 g/mol. The maximum Gasteiger partial charge on any atom is 0.0679 e. The van der Waals surface area contributed by atoms with Crippen molar-refractivity contribution in [1.82, 2.24) is 4.68 Å². The monoisotopic (exact) mass is 197 g/mol. The van der Waals surface area contributed by atoms with E-state index in [0.717, 1.165) is 19.4 Å². The Morgan fingerprint density at radius 3 is 2.71 bits per heavy atom. The minimum Gasteiger partial charge on any atom is -0.382 e. The molecule has 80 valence electrons. The van der Waals surface area contributed by atoms with Gasteiger partial charge < -0.3 is 15.9 Å². The zero-order valence-corrected chi connectivity index (χ0v) is 8.65. The van der Waals surface area contributed by atoms with Gasteiger partial charge in [0.25, 0.3) is 0 Å². The number of nitrogens with two attached hydrogens (primary N) is 1. The van der Waals surface area contributed by atoms with Crippen LogP contribution in [0.25, 0.3) is 0 Å². The van der Waals surface area contributed by atoms with Crippen LogP contribution in [-0.4, -0.2) is 31.0 Å². The van der Waals surface area contributed by atoms with Gasteiger partial charge in [0, 0.05) is 19.5 Å². The van der Waals surface area contributed by atoms with E-state index in [1.54, 1.807) is 7.11 Å². The molecule has 0 aliphatic carbocycles. The number of hydrogen-bond donors (Lipinski definition) is 2. The van der Waals surface area contributed by atoms with E-state index in [9.17, 15) is 0 Å². The molecule has 4 nitrogen and oxygen atoms in total. The summed E-state index contributed by atoms with van der Waals surface area (Å²) >= 11 is 0. The Kier molecular flexibility index (Phi) is 5.11. The van der Waals surface area contributed by atoms with Gasteiger partial charge in [-0.3, -0.25) is 4.68 Å². The van der Waals surface area contributed by atoms with Crippen LogP contribution in [0.2, 0.25) is 0 Å². The Hall–Kier alpha value is -1.00. The van der Waals surface area contributed by atoms with Crippen molar-refractivity contribution in [3.05, 3.63) is 24.5 Å². The third-order valence-electron chi connectivity index (χ3n) is 2.06. The van der Waals surface area contributed by atoms with Gasteiger partial charge in [-0.1, -0.05) is 0 Å². The first-order valence-corrected chi connectivity index (χ1v) is 4.95. The molecule has 0 fully saturated rings. The van der Waals surface area contributed by atoms with E-state index in [0.29, 0.717) is 12.6 Å². The molecule has 0 spiro atoms. The van der Waals surface area contributed by atoms with Gasteiger partial charge in [0.1, 0.15) is 0 Å². The summed E-state index contributed by atoms with van der Waals surface area (Å²) in [5.74, 6) is 0. The number of aromatic nitrogens is 1. The highest BCUT2D eigenvalue weighted by atomic mass is 16.5. The minimum atomic E-state index is 0.330. The first-order chi connectivity index (χ1) is 6.86. The van der Waals surface area contributed by atoms with Crippen LogP contribution in [0, 0.1) is 0 Å². The average molecular weight is 197 g/mol. The van der Waals surface area contributed by atoms with Crippen molar-refractivity contribution in [1.29, 1.82) is 0 Å². The summed E-state index contributed by atoms with van der Waals surface area (Å²) in [6.07, 6.45) is 6.00. The van der Waals surface area contributed by atoms with Gasteiger partial charge >= 0.3 is 0 Å². The van der Waals surface area contributed by atoms with E-state index in [1.165, 1.54) is 0 Å². The largest absolute Gasteiger partial charge is 0.382 e. The molecule has 0 bridgehead atoms. The standard InChI is InChI=1S/C10H19N3O/c1-14-9-10(5-4-6-11)12-13-7-2-3-8-13/h2-3,7-8,10,12H,4-6,9,11H2,1H3. The number of nitrogens with zero attached hydrogens (tertiary/aromatic N) is 1. The maximum absolute atomic E-state index is 5.47. The van der Waals surface area contributed by atoms with Crippen LogP contribution in [0.5, 0.6) is 0 Å². The predicted molar refractivity (Wildman–Crippen MR) is 57.7 cm³/mol. The summed E-state index contributed by atoms with van der Waals surface area (Å²) in [6, 6.07) is 4.30. The SMILES string of the molecule is COCC(CCCN)Nn1cccc1. The molecule has 0 aliphatic rings. The molecular formula is C10H19N3O. The van der Waals surface area contributed by atoms with Crippen LogP contribution in [0.3, 0.4) is 0 Å². The Labute approximate surface area is 85.0 Å². The zero-order chi connectivity index (χ0) is 10.2. The highest BCUT2D eigenvalue weighted by Crippen LogP contribution is 1.99. The van der Waals surface area contributed by atoms with Crippen LogP contribution in [-0.2, 0) is 4.74 Å². The maximum atomic E-state index is 5.47. The molecule has 0 saturated heterocycles. The highest BCUT2D eigenvalue weighted by molar-refractivity contribution is 4.95. The van der Waals surface area contributed by atoms with Gasteiger partial charge in [0.05, 0.1) is 12.6 Å². The number of ether oxygens (including phenoxy) is 1. The first kappa shape index (κ1) is 11.1. The molecule has 3 N–H and O–H groups in total. The lowest BCUT2D eigenvalue weighted by atomic mass is 10.2. The van der Waals surface area contributed by atoms with Crippen molar-refractivity contribution in [3.63, 3.8) is 0 Å². The summed E-state index contributed by atoms with van der Waals surface area (Å²) in [5.41, 5.74) is 8.80. The van der Waals surface area contributed by atoms with Crippen molar-refractivity contribution in [2.45, 2.75) is 18.9 Å². The normalized spacial score (nSPS) is 12.7. The van der Waals surface area contributed by atoms with Gasteiger partial charge in [-0.2, -0.15) is 0 Å². The van der Waals surface area contributed by atoms with Crippen molar-refractivity contribution < 1.29 is 4.74 Å². The topological polar surface area (TPSA) is 52.2 Å². The van der Waals surface area contributed by atoms with Crippen LogP contribution in [0.15, 0.2) is 24.5 Å². The van der Waals surface area contributed by atoms with E-state index in [2.05, 4.69) is 5.43 Å². The van der Waals surface area contributed by atoms with Crippen molar-refractivity contribution >= 4 is 0 Å². The number of nitrogens with one attached hydrogen (secondary N) is 1. The molecule has 1 unspecified atom stereocenters. The quantitative estimate of drug-likeness (QED) is 0.679. The molecule has 4 heteroatoms. The third kappa shape index (κ3) is 3.81. The summed E-state index contributed by atoms with van der Waals surface area (Å²) in [7, 11) is 1.72. The van der Waals surface area contributed by atoms with E-state index in [-0.39, 0.29) is 0 Å². The molecule has 1 heterocycles. The Bertz CT molecular complexity index is 223. The molecule has 0 aliphatic heterocycles. The zero-order valence-electron chi connectivity index (χ0n) is 8.65. The van der Waals surface area contributed by atoms with Crippen LogP contribution >= 0.6 is 0 Å². The van der Waals surface area contributed by atoms with Crippen molar-refractivity contribution in [2.75, 3.05) is 25.7 Å². The molecule has 0 radical (unpaired) electrons. The molecule has 0 saturated carbocycles. The summed E-state index contributed by atoms with van der Waals surface area (Å²) in [4.78, 5) is 0. The third-order valence-corrected chi connectivity index (χ3v) is 2.06. The second-order valence-corrected chi connectivity index (χ2v) is 3.30. The Morgan fingerprint density at radius 1 is 1.43 bits per heavy atom. The second kappa shape index (κ2) is 6.45. The first-order valence-electron chi connectivity index (χ1n) is 4.95. The smallest absolute Gasteiger partial charge is 0.0679 e. The molecule has 1 atom stereocenters. The van der Waals surface area contributed by atoms with Gasteiger partial charge in [-0.15, -0.1) is 0 Å². The summed E-state index contributed by atoms with van der Waals surface area (Å²) in [6.45, 7) is 1.44. The van der Waals surface area contributed by atoms with E-state index in [4.69, 9.17) is 10.5 Å². The van der Waals surface area contributed by atoms with Crippen LogP contribution < -0.4 is 11.2 Å². The lowest BCUT2D eigenvalue weighted by Crippen LogP contribution is -2.31. The molecule has 1 aromatic rings. The second-order valence-electron chi connectivity index (χ2n) is 3.30. The lowest BCUT2D eigenvalue weighted by Gasteiger charge is -2.19. The van der Waals surface area contributed by atoms with Gasteiger partial charge in [-0.25, -0.2) is 0 Å². The van der Waals surface area contributed by atoms with Gasteiger partial charge in [0.2, 0.25) is 0 Å². The van der Waals surface area contributed by atoms with E-state index in [1.807, 2.05) is 29.2 Å². The number of hydrogen-bond acceptors (Lipinski definition) is 3. The Morgan fingerprint density at radius 2 is 2.14 bits per heavy atom. The average Bonchev–Trinajstić information content (AvgIpc) is 2.67. The highest BCUT2D eigenvalue weighted by Gasteiger charge is 2.06. The van der Waals surface area contributed by atoms with E-state index < -0.39 is 0 Å². The van der Waals surface area contributed by atoms with Gasteiger partial charge in [-0.05, 0) is 31.5 Å². The summed E-state index contributed by atoms with van der Waals surface area (Å²) < 4.78 is 7.08. The van der Waals surface area contributed by atoms with Crippen LogP contribution in [0.4, 0.5) is 0 Å². The molecule has 14 heavy (non-hydrogen) atoms. The fraction of sp³-hybridized carbons (Fsp3) is 0.600. The van der Waals surface area contributed by atoms with E-state index >= 15 is 0 Å². The Balaban J connectivity index is 2.34. The molecule has 0 aromatic carbocycles. The minimum absolute atomic E-state index is 0.330. The van der Waals surface area contributed by atoms with Gasteiger partial charge in [0.15, 0.2) is 0 Å². The lowest BCUT2D eigenvalue weighted by molar-refractivity contribution is 0.178. The fourth-order valence-corrected chi connectivity index (χ4v) is 1.38. The predicted octanol–water partition coefficient (Wildman–Crippen LogP) is 0.786. The summed E-state index contributed by atoms with van der Waals surface area (Å²) in [5, 5.41) is 0. The molecule has 0 amide bonds. The fourth-order valence-electron chi connectivity index (χ4n) is 1.38. The molecule has 1 aromatic heterocycles. The number of rotatable bonds is 7. The van der Waals surface area contributed by atoms with Crippen molar-refractivity contribution in [2.24, 2.45) is 5.73 Å².